The monoisotopic (exact) mass is 168 g/mol. The van der Waals surface area contributed by atoms with Crippen LogP contribution in [0.3, 0.4) is 0 Å². The van der Waals surface area contributed by atoms with Gasteiger partial charge in [-0.25, -0.2) is 0 Å². The van der Waals surface area contributed by atoms with E-state index in [1.165, 1.54) is 18.4 Å². The van der Waals surface area contributed by atoms with E-state index in [0.29, 0.717) is 11.8 Å². The molecule has 0 radical (unpaired) electrons. The van der Waals surface area contributed by atoms with E-state index in [-0.39, 0.29) is 6.10 Å². The number of hydrogen-bond donors (Lipinski definition) is 1. The molecular weight excluding hydrogens is 148 g/mol. The third kappa shape index (κ3) is 2.34. The lowest BCUT2D eigenvalue weighted by Gasteiger charge is -2.31. The molecule has 1 N–H and O–H groups in total. The second-order valence-corrected chi connectivity index (χ2v) is 4.31. The van der Waals surface area contributed by atoms with Crippen LogP contribution in [-0.2, 0) is 0 Å². The maximum absolute atomic E-state index is 9.84. The zero-order valence-electron chi connectivity index (χ0n) is 8.38. The Kier molecular flexibility index (Phi) is 3.33. The van der Waals surface area contributed by atoms with Crippen LogP contribution in [0.2, 0.25) is 0 Å². The predicted molar refractivity (Wildman–Crippen MR) is 51.9 cm³/mol. The van der Waals surface area contributed by atoms with E-state index in [0.717, 1.165) is 6.42 Å². The molecule has 12 heavy (non-hydrogen) atoms. The first kappa shape index (κ1) is 9.79. The quantitative estimate of drug-likeness (QED) is 0.597. The normalized spacial score (nSPS) is 36.2. The molecule has 0 amide bonds. The molecular formula is C11H20O. The Balaban J connectivity index is 2.58. The van der Waals surface area contributed by atoms with Crippen molar-refractivity contribution in [2.75, 3.05) is 0 Å². The van der Waals surface area contributed by atoms with Gasteiger partial charge in [-0.1, -0.05) is 25.0 Å². The molecule has 3 atom stereocenters. The second-order valence-electron chi connectivity index (χ2n) is 4.31. The van der Waals surface area contributed by atoms with E-state index in [1.54, 1.807) is 0 Å². The SMILES string of the molecule is CC(C)=CC1CCCC(C)C1O. The molecule has 0 aromatic rings. The van der Waals surface area contributed by atoms with Crippen molar-refractivity contribution in [1.29, 1.82) is 0 Å². The maximum Gasteiger partial charge on any atom is 0.0628 e. The number of aliphatic hydroxyl groups is 1. The molecule has 3 unspecified atom stereocenters. The smallest absolute Gasteiger partial charge is 0.0628 e. The van der Waals surface area contributed by atoms with Crippen molar-refractivity contribution in [3.05, 3.63) is 11.6 Å². The van der Waals surface area contributed by atoms with Crippen molar-refractivity contribution in [2.24, 2.45) is 11.8 Å². The largest absolute Gasteiger partial charge is 0.392 e. The number of allylic oxidation sites excluding steroid dienone is 1. The number of rotatable bonds is 1. The molecule has 0 aliphatic heterocycles. The first-order valence-corrected chi connectivity index (χ1v) is 4.94. The van der Waals surface area contributed by atoms with Gasteiger partial charge in [-0.3, -0.25) is 0 Å². The van der Waals surface area contributed by atoms with Gasteiger partial charge in [-0.15, -0.1) is 0 Å². The molecule has 0 aromatic carbocycles. The lowest BCUT2D eigenvalue weighted by molar-refractivity contribution is 0.0450. The standard InChI is InChI=1S/C11H20O/c1-8(2)7-10-6-4-5-9(3)11(10)12/h7,9-12H,4-6H2,1-3H3. The van der Waals surface area contributed by atoms with E-state index >= 15 is 0 Å². The fraction of sp³-hybridized carbons (Fsp3) is 0.818. The van der Waals surface area contributed by atoms with Gasteiger partial charge in [0.15, 0.2) is 0 Å². The zero-order valence-corrected chi connectivity index (χ0v) is 8.38. The molecule has 1 aliphatic rings. The summed E-state index contributed by atoms with van der Waals surface area (Å²) in [7, 11) is 0. The average Bonchev–Trinajstić information content (AvgIpc) is 1.98. The number of aliphatic hydroxyl groups excluding tert-OH is 1. The van der Waals surface area contributed by atoms with Gasteiger partial charge in [0.2, 0.25) is 0 Å². The Bertz CT molecular complexity index is 168. The highest BCUT2D eigenvalue weighted by molar-refractivity contribution is 5.01. The van der Waals surface area contributed by atoms with E-state index < -0.39 is 0 Å². The third-order valence-electron chi connectivity index (χ3n) is 2.77. The van der Waals surface area contributed by atoms with Crippen LogP contribution >= 0.6 is 0 Å². The van der Waals surface area contributed by atoms with Gasteiger partial charge in [0.1, 0.15) is 0 Å². The molecule has 0 bridgehead atoms. The summed E-state index contributed by atoms with van der Waals surface area (Å²) in [6.07, 6.45) is 5.74. The summed E-state index contributed by atoms with van der Waals surface area (Å²) < 4.78 is 0. The average molecular weight is 168 g/mol. The Morgan fingerprint density at radius 3 is 2.58 bits per heavy atom. The fourth-order valence-electron chi connectivity index (χ4n) is 2.05. The third-order valence-corrected chi connectivity index (χ3v) is 2.77. The summed E-state index contributed by atoms with van der Waals surface area (Å²) in [5, 5.41) is 9.84. The molecule has 0 saturated heterocycles. The molecule has 1 saturated carbocycles. The zero-order chi connectivity index (χ0) is 9.14. The van der Waals surface area contributed by atoms with Gasteiger partial charge in [-0.05, 0) is 32.6 Å². The molecule has 1 aliphatic carbocycles. The predicted octanol–water partition coefficient (Wildman–Crippen LogP) is 2.75. The minimum absolute atomic E-state index is 0.103. The van der Waals surface area contributed by atoms with Crippen LogP contribution < -0.4 is 0 Å². The molecule has 0 spiro atoms. The van der Waals surface area contributed by atoms with Gasteiger partial charge in [-0.2, -0.15) is 0 Å². The van der Waals surface area contributed by atoms with Crippen LogP contribution in [-0.4, -0.2) is 11.2 Å². The highest BCUT2D eigenvalue weighted by Gasteiger charge is 2.26. The van der Waals surface area contributed by atoms with Crippen molar-refractivity contribution in [1.82, 2.24) is 0 Å². The second kappa shape index (κ2) is 4.08. The minimum atomic E-state index is -0.103. The molecule has 1 heteroatoms. The van der Waals surface area contributed by atoms with Crippen LogP contribution in [0.15, 0.2) is 11.6 Å². The van der Waals surface area contributed by atoms with Crippen molar-refractivity contribution in [3.8, 4) is 0 Å². The van der Waals surface area contributed by atoms with Crippen molar-refractivity contribution in [2.45, 2.75) is 46.1 Å². The molecule has 1 fully saturated rings. The summed E-state index contributed by atoms with van der Waals surface area (Å²) in [5.74, 6) is 0.901. The molecule has 0 aromatic heterocycles. The minimum Gasteiger partial charge on any atom is -0.392 e. The van der Waals surface area contributed by atoms with E-state index in [1.807, 2.05) is 0 Å². The Morgan fingerprint density at radius 1 is 1.33 bits per heavy atom. The highest BCUT2D eigenvalue weighted by Crippen LogP contribution is 2.30. The molecule has 1 nitrogen and oxygen atoms in total. The summed E-state index contributed by atoms with van der Waals surface area (Å²) in [4.78, 5) is 0. The van der Waals surface area contributed by atoms with E-state index in [2.05, 4.69) is 26.8 Å². The van der Waals surface area contributed by atoms with Crippen LogP contribution in [0, 0.1) is 11.8 Å². The fourth-order valence-corrected chi connectivity index (χ4v) is 2.05. The Hall–Kier alpha value is -0.300. The Morgan fingerprint density at radius 2 is 2.00 bits per heavy atom. The maximum atomic E-state index is 9.84. The molecule has 70 valence electrons. The number of hydrogen-bond acceptors (Lipinski definition) is 1. The summed E-state index contributed by atoms with van der Waals surface area (Å²) in [6, 6.07) is 0. The van der Waals surface area contributed by atoms with Crippen molar-refractivity contribution >= 4 is 0 Å². The summed E-state index contributed by atoms with van der Waals surface area (Å²) in [5.41, 5.74) is 1.33. The summed E-state index contributed by atoms with van der Waals surface area (Å²) in [6.45, 7) is 6.35. The van der Waals surface area contributed by atoms with Gasteiger partial charge < -0.3 is 5.11 Å². The van der Waals surface area contributed by atoms with Gasteiger partial charge in [0.05, 0.1) is 6.10 Å². The van der Waals surface area contributed by atoms with E-state index in [4.69, 9.17) is 0 Å². The first-order valence-electron chi connectivity index (χ1n) is 4.94. The van der Waals surface area contributed by atoms with Crippen LogP contribution in [0.5, 0.6) is 0 Å². The summed E-state index contributed by atoms with van der Waals surface area (Å²) >= 11 is 0. The van der Waals surface area contributed by atoms with Gasteiger partial charge in [0, 0.05) is 5.92 Å². The van der Waals surface area contributed by atoms with Gasteiger partial charge >= 0.3 is 0 Å². The van der Waals surface area contributed by atoms with Gasteiger partial charge in [0.25, 0.3) is 0 Å². The lowest BCUT2D eigenvalue weighted by atomic mass is 9.79. The first-order chi connectivity index (χ1) is 5.61. The van der Waals surface area contributed by atoms with Crippen LogP contribution in [0.4, 0.5) is 0 Å². The lowest BCUT2D eigenvalue weighted by Crippen LogP contribution is -2.30. The topological polar surface area (TPSA) is 20.2 Å². The molecule has 0 heterocycles. The van der Waals surface area contributed by atoms with E-state index in [9.17, 15) is 5.11 Å². The van der Waals surface area contributed by atoms with Crippen molar-refractivity contribution in [3.63, 3.8) is 0 Å². The highest BCUT2D eigenvalue weighted by atomic mass is 16.3. The van der Waals surface area contributed by atoms with Crippen molar-refractivity contribution < 1.29 is 5.11 Å². The Labute approximate surface area is 75.5 Å². The van der Waals surface area contributed by atoms with Crippen LogP contribution in [0.25, 0.3) is 0 Å². The molecule has 1 rings (SSSR count). The van der Waals surface area contributed by atoms with Crippen LogP contribution in [0.1, 0.15) is 40.0 Å².